The van der Waals surface area contributed by atoms with E-state index in [2.05, 4.69) is 0 Å². The quantitative estimate of drug-likeness (QED) is 0.356. The molecule has 23 heavy (non-hydrogen) atoms. The van der Waals surface area contributed by atoms with Crippen LogP contribution in [0.3, 0.4) is 0 Å². The van der Waals surface area contributed by atoms with Gasteiger partial charge in [0.2, 0.25) is 9.04 Å². The Hall–Kier alpha value is -0.733. The van der Waals surface area contributed by atoms with Gasteiger partial charge in [0.05, 0.1) is 6.10 Å². The van der Waals surface area contributed by atoms with Gasteiger partial charge in [-0.1, -0.05) is 20.8 Å². The first kappa shape index (κ1) is 22.3. The minimum absolute atomic E-state index is 0.153. The lowest BCUT2D eigenvalue weighted by molar-refractivity contribution is -0.152. The van der Waals surface area contributed by atoms with Crippen molar-refractivity contribution in [2.75, 3.05) is 0 Å². The molecule has 0 aromatic rings. The summed E-state index contributed by atoms with van der Waals surface area (Å²) in [5.41, 5.74) is -2.48. The number of carboxylic acid groups (broad SMARTS) is 2. The fraction of sp³-hybridized carbons (Fsp3) is 0.846. The molecule has 0 heterocycles. The van der Waals surface area contributed by atoms with Gasteiger partial charge < -0.3 is 24.4 Å². The molecule has 135 valence electrons. The predicted molar refractivity (Wildman–Crippen MR) is 85.6 cm³/mol. The zero-order chi connectivity index (χ0) is 18.6. The van der Waals surface area contributed by atoms with Gasteiger partial charge in [0.15, 0.2) is 5.66 Å². The molecule has 3 atom stereocenters. The van der Waals surface area contributed by atoms with E-state index in [1.54, 1.807) is 13.1 Å². The second kappa shape index (κ2) is 8.39. The van der Waals surface area contributed by atoms with Gasteiger partial charge in [0.25, 0.3) is 0 Å². The van der Waals surface area contributed by atoms with Crippen LogP contribution in [0.2, 0.25) is 13.1 Å². The molecule has 1 radical (unpaired) electrons. The van der Waals surface area contributed by atoms with Gasteiger partial charge in [0, 0.05) is 0 Å². The molecule has 0 fully saturated rings. The molecule has 0 aliphatic rings. The van der Waals surface area contributed by atoms with Crippen LogP contribution in [0.5, 0.6) is 0 Å². The Labute approximate surface area is 137 Å². The molecule has 0 aromatic heterocycles. The lowest BCUT2D eigenvalue weighted by Crippen LogP contribution is -2.45. The van der Waals surface area contributed by atoms with Crippen molar-refractivity contribution in [3.63, 3.8) is 0 Å². The molecule has 0 saturated heterocycles. The van der Waals surface area contributed by atoms with Crippen LogP contribution in [0, 0.1) is 11.3 Å². The van der Waals surface area contributed by atoms with Crippen LogP contribution in [0.15, 0.2) is 0 Å². The van der Waals surface area contributed by atoms with Gasteiger partial charge in [-0.3, -0.25) is 14.2 Å². The van der Waals surface area contributed by atoms with Crippen molar-refractivity contribution in [3.05, 3.63) is 0 Å². The van der Waals surface area contributed by atoms with E-state index in [1.807, 2.05) is 20.8 Å². The zero-order valence-corrected chi connectivity index (χ0v) is 15.9. The summed E-state index contributed by atoms with van der Waals surface area (Å²) in [6.45, 7) is 9.30. The van der Waals surface area contributed by atoms with Crippen molar-refractivity contribution in [2.45, 2.75) is 58.5 Å². The molecular formula is C13H26O8PSi. The molecule has 0 saturated carbocycles. The van der Waals surface area contributed by atoms with Gasteiger partial charge in [-0.05, 0) is 31.4 Å². The molecule has 8 nitrogen and oxygen atoms in total. The zero-order valence-electron chi connectivity index (χ0n) is 14.0. The number of hydrogen-bond donors (Lipinski definition) is 4. The molecule has 0 aliphatic heterocycles. The van der Waals surface area contributed by atoms with Crippen molar-refractivity contribution in [1.29, 1.82) is 0 Å². The molecule has 0 bridgehead atoms. The lowest BCUT2D eigenvalue weighted by atomic mass is 9.85. The van der Waals surface area contributed by atoms with Crippen molar-refractivity contribution in [2.24, 2.45) is 11.3 Å². The largest absolute Gasteiger partial charge is 0.481 e. The lowest BCUT2D eigenvalue weighted by Gasteiger charge is -2.32. The summed E-state index contributed by atoms with van der Waals surface area (Å²) in [6.07, 6.45) is -0.325. The minimum atomic E-state index is -5.15. The topological polar surface area (TPSA) is 141 Å². The van der Waals surface area contributed by atoms with Crippen LogP contribution in [0.1, 0.15) is 33.6 Å². The number of carbonyl (C=O) groups is 2. The Morgan fingerprint density at radius 3 is 1.87 bits per heavy atom. The van der Waals surface area contributed by atoms with Gasteiger partial charge in [-0.25, -0.2) is 0 Å². The average molecular weight is 369 g/mol. The molecule has 0 aromatic carbocycles. The van der Waals surface area contributed by atoms with Gasteiger partial charge in [-0.2, -0.15) is 0 Å². The third-order valence-electron chi connectivity index (χ3n) is 3.21. The van der Waals surface area contributed by atoms with Crippen molar-refractivity contribution < 1.29 is 38.6 Å². The Bertz CT molecular complexity index is 467. The van der Waals surface area contributed by atoms with Gasteiger partial charge in [-0.15, -0.1) is 0 Å². The molecule has 4 N–H and O–H groups in total. The van der Waals surface area contributed by atoms with E-state index in [0.717, 1.165) is 0 Å². The highest BCUT2D eigenvalue weighted by molar-refractivity contribution is 7.53. The van der Waals surface area contributed by atoms with E-state index >= 15 is 0 Å². The Morgan fingerprint density at radius 1 is 1.13 bits per heavy atom. The van der Waals surface area contributed by atoms with E-state index in [9.17, 15) is 29.0 Å². The van der Waals surface area contributed by atoms with E-state index in [-0.39, 0.29) is 11.8 Å². The minimum Gasteiger partial charge on any atom is -0.481 e. The fourth-order valence-corrected chi connectivity index (χ4v) is 4.09. The van der Waals surface area contributed by atoms with Crippen LogP contribution < -0.4 is 0 Å². The summed E-state index contributed by atoms with van der Waals surface area (Å²) in [7, 11) is -6.54. The van der Waals surface area contributed by atoms with E-state index in [4.69, 9.17) is 9.53 Å². The maximum atomic E-state index is 11.6. The summed E-state index contributed by atoms with van der Waals surface area (Å²) < 4.78 is 17.1. The summed E-state index contributed by atoms with van der Waals surface area (Å²) in [4.78, 5) is 41.4. The molecule has 0 aliphatic carbocycles. The summed E-state index contributed by atoms with van der Waals surface area (Å²) in [6, 6.07) is 0. The highest BCUT2D eigenvalue weighted by Crippen LogP contribution is 2.47. The Morgan fingerprint density at radius 2 is 1.61 bits per heavy atom. The first-order chi connectivity index (χ1) is 10.2. The SMILES string of the molecule is C[Si](C)OC(CCC(C)(C)C)C(C(=O)O)C(C(=O)O)P(=O)(O)O. The molecule has 10 heteroatoms. The third kappa shape index (κ3) is 8.08. The Kier molecular flexibility index (Phi) is 8.12. The number of aliphatic carboxylic acids is 2. The Balaban J connectivity index is 5.72. The first-order valence-electron chi connectivity index (χ1n) is 7.14. The van der Waals surface area contributed by atoms with Crippen LogP contribution >= 0.6 is 7.60 Å². The normalized spacial score (nSPS) is 16.9. The van der Waals surface area contributed by atoms with Gasteiger partial charge in [0.1, 0.15) is 5.92 Å². The summed E-state index contributed by atoms with van der Waals surface area (Å²) in [5.74, 6) is -5.23. The molecule has 0 spiro atoms. The second-order valence-corrected chi connectivity index (χ2v) is 10.7. The van der Waals surface area contributed by atoms with Crippen LogP contribution in [0.4, 0.5) is 0 Å². The second-order valence-electron chi connectivity index (χ2n) is 6.90. The summed E-state index contributed by atoms with van der Waals surface area (Å²) in [5, 5.41) is 18.5. The van der Waals surface area contributed by atoms with Crippen molar-refractivity contribution in [3.8, 4) is 0 Å². The third-order valence-corrected chi connectivity index (χ3v) is 5.25. The van der Waals surface area contributed by atoms with Gasteiger partial charge >= 0.3 is 19.5 Å². The predicted octanol–water partition coefficient (Wildman–Crippen LogP) is 1.78. The maximum Gasteiger partial charge on any atom is 0.340 e. The van der Waals surface area contributed by atoms with Crippen molar-refractivity contribution >= 4 is 28.6 Å². The summed E-state index contributed by atoms with van der Waals surface area (Å²) >= 11 is 0. The number of rotatable bonds is 9. The van der Waals surface area contributed by atoms with Crippen LogP contribution in [-0.4, -0.2) is 52.7 Å². The number of carboxylic acids is 2. The van der Waals surface area contributed by atoms with Crippen LogP contribution in [0.25, 0.3) is 0 Å². The number of hydrogen-bond acceptors (Lipinski definition) is 4. The average Bonchev–Trinajstić information content (AvgIpc) is 2.27. The maximum absolute atomic E-state index is 11.6. The van der Waals surface area contributed by atoms with E-state index < -0.39 is 46.3 Å². The smallest absolute Gasteiger partial charge is 0.340 e. The highest BCUT2D eigenvalue weighted by atomic mass is 31.2. The fourth-order valence-electron chi connectivity index (χ4n) is 2.19. The molecular weight excluding hydrogens is 343 g/mol. The molecule has 0 amide bonds. The standard InChI is InChI=1S/C13H26O8PSi/c1-13(2,3)7-6-8(21-23(4)5)9(11(14)15)10(12(16)17)22(18,19)20/h8-10H,6-7H2,1-5H3,(H,14,15)(H,16,17)(H2,18,19,20). The monoisotopic (exact) mass is 369 g/mol. The van der Waals surface area contributed by atoms with E-state index in [0.29, 0.717) is 6.42 Å². The molecule has 3 unspecified atom stereocenters. The first-order valence-corrected chi connectivity index (χ1v) is 11.2. The van der Waals surface area contributed by atoms with Crippen LogP contribution in [-0.2, 0) is 18.6 Å². The van der Waals surface area contributed by atoms with E-state index in [1.165, 1.54) is 0 Å². The van der Waals surface area contributed by atoms with Crippen molar-refractivity contribution in [1.82, 2.24) is 0 Å². The highest BCUT2D eigenvalue weighted by Gasteiger charge is 2.50. The molecule has 0 rings (SSSR count).